The summed E-state index contributed by atoms with van der Waals surface area (Å²) in [5, 5.41) is 9.46. The Bertz CT molecular complexity index is 598. The van der Waals surface area contributed by atoms with Crippen LogP contribution in [0.1, 0.15) is 30.3 Å². The Hall–Kier alpha value is -2.15. The number of amides is 2. The number of hydrogen-bond donors (Lipinski definition) is 2. The number of carbonyl (C=O) groups is 1. The smallest absolute Gasteiger partial charge is 0.319 e. The predicted octanol–water partition coefficient (Wildman–Crippen LogP) is 3.35. The Balaban J connectivity index is 1.77. The lowest BCUT2D eigenvalue weighted by atomic mass is 10.3. The molecule has 0 aliphatic carbocycles. The van der Waals surface area contributed by atoms with Gasteiger partial charge in [0.25, 0.3) is 0 Å². The number of carbonyl (C=O) groups excluding carboxylic acids is 1. The van der Waals surface area contributed by atoms with Crippen LogP contribution in [0.15, 0.2) is 24.3 Å². The minimum Gasteiger partial charge on any atom is -0.494 e. The maximum absolute atomic E-state index is 11.8. The van der Waals surface area contributed by atoms with Crippen molar-refractivity contribution >= 4 is 23.3 Å². The van der Waals surface area contributed by atoms with E-state index in [0.29, 0.717) is 13.2 Å². The van der Waals surface area contributed by atoms with Gasteiger partial charge in [-0.15, -0.1) is 5.10 Å². The molecule has 118 valence electrons. The molecule has 0 bridgehead atoms. The predicted molar refractivity (Wildman–Crippen MR) is 87.3 cm³/mol. The molecule has 0 radical (unpaired) electrons. The molecule has 2 amide bonds. The number of benzene rings is 1. The van der Waals surface area contributed by atoms with Crippen molar-refractivity contribution in [3.8, 4) is 5.75 Å². The fourth-order valence-corrected chi connectivity index (χ4v) is 2.29. The second kappa shape index (κ2) is 8.33. The number of aromatic nitrogens is 2. The van der Waals surface area contributed by atoms with Crippen molar-refractivity contribution < 1.29 is 9.53 Å². The molecule has 22 heavy (non-hydrogen) atoms. The van der Waals surface area contributed by atoms with Gasteiger partial charge in [-0.3, -0.25) is 0 Å². The summed E-state index contributed by atoms with van der Waals surface area (Å²) in [4.78, 5) is 12.8. The first-order valence-electron chi connectivity index (χ1n) is 7.24. The number of unbranched alkanes of at least 4 members (excludes halogenated alkanes) is 1. The molecule has 6 nitrogen and oxygen atoms in total. The van der Waals surface area contributed by atoms with Crippen LogP contribution in [0.5, 0.6) is 5.75 Å². The maximum atomic E-state index is 11.8. The lowest BCUT2D eigenvalue weighted by molar-refractivity contribution is 0.252. The molecule has 0 atom stereocenters. The van der Waals surface area contributed by atoms with Gasteiger partial charge in [-0.25, -0.2) is 4.79 Å². The van der Waals surface area contributed by atoms with Gasteiger partial charge < -0.3 is 15.4 Å². The highest BCUT2D eigenvalue weighted by Gasteiger charge is 2.06. The Kier molecular flexibility index (Phi) is 6.14. The SMILES string of the molecule is CCCCOc1ccc(NC(=O)NCc2snnc2C)cc1. The van der Waals surface area contributed by atoms with Crippen molar-refractivity contribution in [3.05, 3.63) is 34.8 Å². The molecule has 0 fully saturated rings. The summed E-state index contributed by atoms with van der Waals surface area (Å²) in [6, 6.07) is 7.08. The third kappa shape index (κ3) is 5.00. The summed E-state index contributed by atoms with van der Waals surface area (Å²) in [5.74, 6) is 0.811. The summed E-state index contributed by atoms with van der Waals surface area (Å²) < 4.78 is 9.41. The summed E-state index contributed by atoms with van der Waals surface area (Å²) in [7, 11) is 0. The Morgan fingerprint density at radius 3 is 2.73 bits per heavy atom. The molecule has 0 aliphatic heterocycles. The topological polar surface area (TPSA) is 76.1 Å². The van der Waals surface area contributed by atoms with Crippen LogP contribution >= 0.6 is 11.5 Å². The zero-order valence-corrected chi connectivity index (χ0v) is 13.6. The number of nitrogens with zero attached hydrogens (tertiary/aromatic N) is 2. The number of urea groups is 1. The van der Waals surface area contributed by atoms with Gasteiger partial charge in [0.2, 0.25) is 0 Å². The molecule has 1 heterocycles. The van der Waals surface area contributed by atoms with Crippen molar-refractivity contribution in [2.75, 3.05) is 11.9 Å². The van der Waals surface area contributed by atoms with Crippen LogP contribution in [0.25, 0.3) is 0 Å². The zero-order chi connectivity index (χ0) is 15.8. The fraction of sp³-hybridized carbons (Fsp3) is 0.400. The van der Waals surface area contributed by atoms with Gasteiger partial charge in [0, 0.05) is 5.69 Å². The van der Waals surface area contributed by atoms with E-state index < -0.39 is 0 Å². The van der Waals surface area contributed by atoms with E-state index in [9.17, 15) is 4.79 Å². The first kappa shape index (κ1) is 16.2. The molecule has 0 saturated heterocycles. The number of hydrogen-bond acceptors (Lipinski definition) is 5. The average molecular weight is 320 g/mol. The van der Waals surface area contributed by atoms with Crippen molar-refractivity contribution in [1.82, 2.24) is 14.9 Å². The summed E-state index contributed by atoms with van der Waals surface area (Å²) >= 11 is 1.29. The molecule has 0 unspecified atom stereocenters. The largest absolute Gasteiger partial charge is 0.494 e. The summed E-state index contributed by atoms with van der Waals surface area (Å²) in [6.07, 6.45) is 2.14. The molecule has 2 rings (SSSR count). The maximum Gasteiger partial charge on any atom is 0.319 e. The van der Waals surface area contributed by atoms with E-state index in [1.54, 1.807) is 0 Å². The minimum atomic E-state index is -0.257. The Morgan fingerprint density at radius 1 is 1.32 bits per heavy atom. The van der Waals surface area contributed by atoms with Crippen LogP contribution in [-0.2, 0) is 6.54 Å². The number of nitrogens with one attached hydrogen (secondary N) is 2. The molecule has 0 spiro atoms. The molecule has 0 saturated carbocycles. The van der Waals surface area contributed by atoms with Gasteiger partial charge >= 0.3 is 6.03 Å². The van der Waals surface area contributed by atoms with Crippen molar-refractivity contribution in [3.63, 3.8) is 0 Å². The Morgan fingerprint density at radius 2 is 2.09 bits per heavy atom. The van der Waals surface area contributed by atoms with E-state index in [-0.39, 0.29) is 6.03 Å². The van der Waals surface area contributed by atoms with E-state index in [1.165, 1.54) is 11.5 Å². The first-order valence-corrected chi connectivity index (χ1v) is 8.02. The lowest BCUT2D eigenvalue weighted by Gasteiger charge is -2.08. The standard InChI is InChI=1S/C15H20N4O2S/c1-3-4-9-21-13-7-5-12(6-8-13)17-15(20)16-10-14-11(2)18-19-22-14/h5-8H,3-4,9-10H2,1-2H3,(H2,16,17,20). The Labute approximate surface area is 134 Å². The van der Waals surface area contributed by atoms with E-state index in [2.05, 4.69) is 27.1 Å². The van der Waals surface area contributed by atoms with Crippen molar-refractivity contribution in [1.29, 1.82) is 0 Å². The molecule has 1 aromatic heterocycles. The zero-order valence-electron chi connectivity index (χ0n) is 12.8. The lowest BCUT2D eigenvalue weighted by Crippen LogP contribution is -2.28. The molecule has 2 aromatic rings. The van der Waals surface area contributed by atoms with Crippen molar-refractivity contribution in [2.45, 2.75) is 33.2 Å². The number of anilines is 1. The second-order valence-corrected chi connectivity index (χ2v) is 5.65. The van der Waals surface area contributed by atoms with Gasteiger partial charge in [0.05, 0.1) is 23.7 Å². The normalized spacial score (nSPS) is 10.3. The highest BCUT2D eigenvalue weighted by Crippen LogP contribution is 2.16. The summed E-state index contributed by atoms with van der Waals surface area (Å²) in [5.41, 5.74) is 1.57. The quantitative estimate of drug-likeness (QED) is 0.767. The van der Waals surface area contributed by atoms with Gasteiger partial charge in [-0.05, 0) is 49.1 Å². The van der Waals surface area contributed by atoms with Crippen LogP contribution in [-0.4, -0.2) is 22.2 Å². The van der Waals surface area contributed by atoms with Gasteiger partial charge in [0.1, 0.15) is 5.75 Å². The minimum absolute atomic E-state index is 0.257. The van der Waals surface area contributed by atoms with E-state index in [0.717, 1.165) is 34.8 Å². The van der Waals surface area contributed by atoms with Crippen LogP contribution in [0, 0.1) is 6.92 Å². The summed E-state index contributed by atoms with van der Waals surface area (Å²) in [6.45, 7) is 5.13. The highest BCUT2D eigenvalue weighted by molar-refractivity contribution is 7.05. The van der Waals surface area contributed by atoms with Crippen molar-refractivity contribution in [2.24, 2.45) is 0 Å². The van der Waals surface area contributed by atoms with Gasteiger partial charge in [-0.1, -0.05) is 17.8 Å². The van der Waals surface area contributed by atoms with Crippen LogP contribution in [0.2, 0.25) is 0 Å². The van der Waals surface area contributed by atoms with Crippen LogP contribution in [0.3, 0.4) is 0 Å². The monoisotopic (exact) mass is 320 g/mol. The van der Waals surface area contributed by atoms with E-state index in [4.69, 9.17) is 4.74 Å². The second-order valence-electron chi connectivity index (χ2n) is 4.82. The molecule has 7 heteroatoms. The average Bonchev–Trinajstić information content (AvgIpc) is 2.92. The molecular formula is C15H20N4O2S. The molecule has 2 N–H and O–H groups in total. The number of rotatable bonds is 7. The third-order valence-electron chi connectivity index (χ3n) is 3.03. The first-order chi connectivity index (χ1) is 10.7. The highest BCUT2D eigenvalue weighted by atomic mass is 32.1. The third-order valence-corrected chi connectivity index (χ3v) is 3.86. The number of ether oxygens (including phenoxy) is 1. The number of aryl methyl sites for hydroxylation is 1. The van der Waals surface area contributed by atoms with Gasteiger partial charge in [-0.2, -0.15) is 0 Å². The van der Waals surface area contributed by atoms with Crippen LogP contribution in [0.4, 0.5) is 10.5 Å². The van der Waals surface area contributed by atoms with E-state index in [1.807, 2.05) is 31.2 Å². The molecular weight excluding hydrogens is 300 g/mol. The molecule has 1 aromatic carbocycles. The van der Waals surface area contributed by atoms with E-state index >= 15 is 0 Å². The fourth-order valence-electron chi connectivity index (χ4n) is 1.72. The van der Waals surface area contributed by atoms with Crippen LogP contribution < -0.4 is 15.4 Å². The van der Waals surface area contributed by atoms with Gasteiger partial charge in [0.15, 0.2) is 0 Å². The molecule has 0 aliphatic rings.